The molecule has 0 saturated carbocycles. The van der Waals surface area contributed by atoms with Gasteiger partial charge in [0.2, 0.25) is 0 Å². The molecule has 2 heteroatoms. The first-order valence-corrected chi connectivity index (χ1v) is 5.43. The van der Waals surface area contributed by atoms with Crippen LogP contribution in [-0.2, 0) is 4.74 Å². The zero-order valence-electron chi connectivity index (χ0n) is 9.39. The maximum Gasteiger partial charge on any atom is 0.0754 e. The van der Waals surface area contributed by atoms with Gasteiger partial charge in [-0.25, -0.2) is 0 Å². The molecule has 0 radical (unpaired) electrons. The van der Waals surface area contributed by atoms with Gasteiger partial charge in [0.1, 0.15) is 0 Å². The number of ether oxygens (including phenoxy) is 1. The normalized spacial score (nSPS) is 30.0. The van der Waals surface area contributed by atoms with E-state index < -0.39 is 0 Å². The molecule has 0 spiro atoms. The first-order chi connectivity index (χ1) is 6.05. The van der Waals surface area contributed by atoms with Crippen LogP contribution in [0.5, 0.6) is 0 Å². The summed E-state index contributed by atoms with van der Waals surface area (Å²) in [5, 5.41) is 3.44. The Morgan fingerprint density at radius 2 is 2.23 bits per heavy atom. The van der Waals surface area contributed by atoms with Crippen molar-refractivity contribution in [1.29, 1.82) is 0 Å². The van der Waals surface area contributed by atoms with Crippen molar-refractivity contribution in [3.8, 4) is 0 Å². The second kappa shape index (κ2) is 4.43. The quantitative estimate of drug-likeness (QED) is 0.727. The van der Waals surface area contributed by atoms with Crippen molar-refractivity contribution in [2.45, 2.75) is 52.2 Å². The average molecular weight is 185 g/mol. The van der Waals surface area contributed by atoms with Crippen LogP contribution in [0.25, 0.3) is 0 Å². The molecule has 1 aliphatic rings. The van der Waals surface area contributed by atoms with E-state index in [1.807, 2.05) is 0 Å². The fraction of sp³-hybridized carbons (Fsp3) is 1.00. The van der Waals surface area contributed by atoms with Gasteiger partial charge in [-0.2, -0.15) is 0 Å². The highest BCUT2D eigenvalue weighted by Gasteiger charge is 2.30. The minimum Gasteiger partial charge on any atom is -0.369 e. The van der Waals surface area contributed by atoms with Gasteiger partial charge in [-0.3, -0.25) is 0 Å². The Morgan fingerprint density at radius 3 is 2.77 bits per heavy atom. The molecule has 0 aliphatic carbocycles. The van der Waals surface area contributed by atoms with Crippen LogP contribution >= 0.6 is 0 Å². The lowest BCUT2D eigenvalue weighted by atomic mass is 9.96. The molecule has 1 N–H and O–H groups in total. The van der Waals surface area contributed by atoms with Crippen molar-refractivity contribution in [2.24, 2.45) is 5.92 Å². The first kappa shape index (κ1) is 11.0. The number of morpholine rings is 1. The van der Waals surface area contributed by atoms with Crippen LogP contribution in [0, 0.1) is 5.92 Å². The number of rotatable bonds is 3. The van der Waals surface area contributed by atoms with Crippen LogP contribution in [0.3, 0.4) is 0 Å². The molecular formula is C11H23NO. The lowest BCUT2D eigenvalue weighted by Gasteiger charge is -2.39. The van der Waals surface area contributed by atoms with Crippen LogP contribution < -0.4 is 5.32 Å². The van der Waals surface area contributed by atoms with Gasteiger partial charge in [0, 0.05) is 13.1 Å². The summed E-state index contributed by atoms with van der Waals surface area (Å²) in [6.07, 6.45) is 2.92. The van der Waals surface area contributed by atoms with Gasteiger partial charge in [0.05, 0.1) is 11.7 Å². The smallest absolute Gasteiger partial charge is 0.0754 e. The maximum absolute atomic E-state index is 6.03. The van der Waals surface area contributed by atoms with Gasteiger partial charge in [0.25, 0.3) is 0 Å². The van der Waals surface area contributed by atoms with E-state index in [-0.39, 0.29) is 5.60 Å². The van der Waals surface area contributed by atoms with E-state index in [4.69, 9.17) is 4.74 Å². The largest absolute Gasteiger partial charge is 0.369 e. The summed E-state index contributed by atoms with van der Waals surface area (Å²) in [4.78, 5) is 0. The van der Waals surface area contributed by atoms with E-state index in [2.05, 4.69) is 33.0 Å². The number of hydrogen-bond donors (Lipinski definition) is 1. The fourth-order valence-electron chi connectivity index (χ4n) is 1.97. The Labute approximate surface area is 82.0 Å². The summed E-state index contributed by atoms with van der Waals surface area (Å²) in [7, 11) is 0. The Balaban J connectivity index is 2.42. The fourth-order valence-corrected chi connectivity index (χ4v) is 1.97. The molecular weight excluding hydrogens is 162 g/mol. The topological polar surface area (TPSA) is 21.3 Å². The molecule has 0 aromatic heterocycles. The molecule has 2 atom stereocenters. The highest BCUT2D eigenvalue weighted by molar-refractivity contribution is 4.83. The summed E-state index contributed by atoms with van der Waals surface area (Å²) in [6.45, 7) is 10.8. The molecule has 2 unspecified atom stereocenters. The molecule has 0 bridgehead atoms. The Bertz CT molecular complexity index is 156. The van der Waals surface area contributed by atoms with Crippen molar-refractivity contribution >= 4 is 0 Å². The summed E-state index contributed by atoms with van der Waals surface area (Å²) < 4.78 is 6.03. The summed E-state index contributed by atoms with van der Waals surface area (Å²) in [5.41, 5.74) is 0.0188. The third-order valence-electron chi connectivity index (χ3n) is 2.75. The molecule has 78 valence electrons. The van der Waals surface area contributed by atoms with Crippen LogP contribution in [0.4, 0.5) is 0 Å². The molecule has 2 nitrogen and oxygen atoms in total. The van der Waals surface area contributed by atoms with Crippen LogP contribution in [0.1, 0.15) is 40.5 Å². The van der Waals surface area contributed by atoms with Crippen LogP contribution in [0.15, 0.2) is 0 Å². The van der Waals surface area contributed by atoms with Crippen molar-refractivity contribution in [2.75, 3.05) is 13.1 Å². The summed E-state index contributed by atoms with van der Waals surface area (Å²) in [6, 6.07) is 0. The maximum atomic E-state index is 6.03. The van der Waals surface area contributed by atoms with Gasteiger partial charge in [0.15, 0.2) is 0 Å². The van der Waals surface area contributed by atoms with Crippen LogP contribution in [0.2, 0.25) is 0 Å². The number of nitrogens with one attached hydrogen (secondary N) is 1. The molecule has 1 aliphatic heterocycles. The Hall–Kier alpha value is -0.0800. The van der Waals surface area contributed by atoms with E-state index in [9.17, 15) is 0 Å². The minimum absolute atomic E-state index is 0.0188. The standard InChI is InChI=1S/C11H23NO/c1-5-6-9(2)10-7-12-8-11(3,4)13-10/h9-10,12H,5-8H2,1-4H3. The van der Waals surface area contributed by atoms with E-state index in [1.54, 1.807) is 0 Å². The van der Waals surface area contributed by atoms with Gasteiger partial charge in [-0.1, -0.05) is 20.3 Å². The monoisotopic (exact) mass is 185 g/mol. The molecule has 1 heterocycles. The van der Waals surface area contributed by atoms with Crippen molar-refractivity contribution in [3.05, 3.63) is 0 Å². The van der Waals surface area contributed by atoms with Gasteiger partial charge in [-0.15, -0.1) is 0 Å². The molecule has 1 fully saturated rings. The van der Waals surface area contributed by atoms with Gasteiger partial charge in [-0.05, 0) is 26.2 Å². The zero-order valence-corrected chi connectivity index (χ0v) is 9.39. The lowest BCUT2D eigenvalue weighted by Crippen LogP contribution is -2.52. The Kier molecular flexibility index (Phi) is 3.74. The second-order valence-corrected chi connectivity index (χ2v) is 4.81. The molecule has 13 heavy (non-hydrogen) atoms. The highest BCUT2D eigenvalue weighted by atomic mass is 16.5. The molecule has 0 aromatic carbocycles. The zero-order chi connectivity index (χ0) is 9.90. The second-order valence-electron chi connectivity index (χ2n) is 4.81. The van der Waals surface area contributed by atoms with E-state index in [0.29, 0.717) is 12.0 Å². The third-order valence-corrected chi connectivity index (χ3v) is 2.75. The van der Waals surface area contributed by atoms with E-state index in [0.717, 1.165) is 13.1 Å². The average Bonchev–Trinajstić information content (AvgIpc) is 2.03. The SMILES string of the molecule is CCCC(C)C1CNCC(C)(C)O1. The predicted molar refractivity (Wildman–Crippen MR) is 55.9 cm³/mol. The Morgan fingerprint density at radius 1 is 1.54 bits per heavy atom. The van der Waals surface area contributed by atoms with E-state index in [1.165, 1.54) is 12.8 Å². The van der Waals surface area contributed by atoms with Crippen molar-refractivity contribution in [1.82, 2.24) is 5.32 Å². The molecule has 1 saturated heterocycles. The van der Waals surface area contributed by atoms with Crippen molar-refractivity contribution < 1.29 is 4.74 Å². The summed E-state index contributed by atoms with van der Waals surface area (Å²) in [5.74, 6) is 0.678. The molecule has 0 aromatic rings. The van der Waals surface area contributed by atoms with E-state index >= 15 is 0 Å². The predicted octanol–water partition coefficient (Wildman–Crippen LogP) is 2.19. The molecule has 0 amide bonds. The minimum atomic E-state index is 0.0188. The van der Waals surface area contributed by atoms with Gasteiger partial charge < -0.3 is 10.1 Å². The summed E-state index contributed by atoms with van der Waals surface area (Å²) >= 11 is 0. The van der Waals surface area contributed by atoms with Gasteiger partial charge >= 0.3 is 0 Å². The van der Waals surface area contributed by atoms with Crippen molar-refractivity contribution in [3.63, 3.8) is 0 Å². The lowest BCUT2D eigenvalue weighted by molar-refractivity contribution is -0.114. The number of hydrogen-bond acceptors (Lipinski definition) is 2. The molecule has 1 rings (SSSR count). The first-order valence-electron chi connectivity index (χ1n) is 5.43. The third kappa shape index (κ3) is 3.28. The highest BCUT2D eigenvalue weighted by Crippen LogP contribution is 2.22. The van der Waals surface area contributed by atoms with Crippen LogP contribution in [-0.4, -0.2) is 24.8 Å².